The van der Waals surface area contributed by atoms with Crippen LogP contribution in [-0.2, 0) is 0 Å². The van der Waals surface area contributed by atoms with Crippen LogP contribution in [0.3, 0.4) is 0 Å². The predicted octanol–water partition coefficient (Wildman–Crippen LogP) is 2.13. The zero-order valence-corrected chi connectivity index (χ0v) is 10.1. The van der Waals surface area contributed by atoms with Crippen molar-refractivity contribution in [1.29, 1.82) is 0 Å². The molecule has 0 aliphatic heterocycles. The third-order valence-corrected chi connectivity index (χ3v) is 2.17. The highest BCUT2D eigenvalue weighted by atomic mass is 15.2. The highest BCUT2D eigenvalue weighted by molar-refractivity contribution is 5.47. The van der Waals surface area contributed by atoms with Crippen LogP contribution in [0.25, 0.3) is 0 Å². The van der Waals surface area contributed by atoms with Crippen LogP contribution >= 0.6 is 0 Å². The largest absolute Gasteiger partial charge is 0.367 e. The summed E-state index contributed by atoms with van der Waals surface area (Å²) in [6.45, 7) is 8.92. The Kier molecular flexibility index (Phi) is 6.75. The molecule has 0 saturated heterocycles. The average molecular weight is 209 g/mol. The Hall–Kier alpha value is -1.06. The summed E-state index contributed by atoms with van der Waals surface area (Å²) in [4.78, 5) is 2.42. The maximum Gasteiger partial charge on any atom is 0.0370 e. The fourth-order valence-electron chi connectivity index (χ4n) is 1.79. The summed E-state index contributed by atoms with van der Waals surface area (Å²) in [7, 11) is 0. The topological polar surface area (TPSA) is 55.3 Å². The van der Waals surface area contributed by atoms with Crippen LogP contribution in [0.1, 0.15) is 27.7 Å². The number of nitrogens with two attached hydrogens (primary N) is 2. The van der Waals surface area contributed by atoms with Crippen LogP contribution in [0.5, 0.6) is 0 Å². The minimum absolute atomic E-state index is 0.558. The van der Waals surface area contributed by atoms with Gasteiger partial charge in [0.25, 0.3) is 0 Å². The molecular formula is C12H23N3. The second kappa shape index (κ2) is 7.26. The second-order valence-corrected chi connectivity index (χ2v) is 3.93. The molecule has 0 unspecified atom stereocenters. The van der Waals surface area contributed by atoms with Crippen LogP contribution in [0.15, 0.2) is 30.3 Å². The van der Waals surface area contributed by atoms with Crippen molar-refractivity contribution in [2.24, 2.45) is 11.7 Å². The lowest BCUT2D eigenvalue weighted by atomic mass is 10.2. The Morgan fingerprint density at radius 2 is 1.27 bits per heavy atom. The van der Waals surface area contributed by atoms with Crippen molar-refractivity contribution in [1.82, 2.24) is 0 Å². The number of hydrazine groups is 1. The van der Waals surface area contributed by atoms with Crippen molar-refractivity contribution in [2.75, 3.05) is 4.90 Å². The summed E-state index contributed by atoms with van der Waals surface area (Å²) in [5, 5.41) is 0. The lowest BCUT2D eigenvalue weighted by Crippen LogP contribution is -2.36. The first-order chi connectivity index (χ1) is 7.13. The van der Waals surface area contributed by atoms with Crippen molar-refractivity contribution >= 4 is 5.69 Å². The fraction of sp³-hybridized carbons (Fsp3) is 0.500. The van der Waals surface area contributed by atoms with Crippen molar-refractivity contribution in [2.45, 2.75) is 39.8 Å². The number of anilines is 1. The molecule has 0 spiro atoms. The Balaban J connectivity index is 0.000000921. The molecule has 0 bridgehead atoms. The summed E-state index contributed by atoms with van der Waals surface area (Å²) < 4.78 is 0. The van der Waals surface area contributed by atoms with Crippen molar-refractivity contribution in [3.8, 4) is 0 Å². The van der Waals surface area contributed by atoms with Crippen molar-refractivity contribution in [3.05, 3.63) is 30.3 Å². The van der Waals surface area contributed by atoms with E-state index in [9.17, 15) is 0 Å². The molecule has 0 atom stereocenters. The fourth-order valence-corrected chi connectivity index (χ4v) is 1.79. The van der Waals surface area contributed by atoms with Crippen LogP contribution in [0.4, 0.5) is 5.69 Å². The summed E-state index contributed by atoms with van der Waals surface area (Å²) in [5.74, 6) is 8.00. The van der Waals surface area contributed by atoms with Crippen LogP contribution in [0, 0.1) is 0 Å². The molecule has 86 valence electrons. The minimum atomic E-state index is 0.558. The van der Waals surface area contributed by atoms with E-state index >= 15 is 0 Å². The third kappa shape index (κ3) is 4.32. The molecule has 0 heterocycles. The van der Waals surface area contributed by atoms with E-state index in [1.54, 1.807) is 0 Å². The first kappa shape index (κ1) is 13.9. The number of para-hydroxylation sites is 1. The van der Waals surface area contributed by atoms with E-state index in [2.05, 4.69) is 74.6 Å². The molecule has 0 aliphatic rings. The zero-order valence-electron chi connectivity index (χ0n) is 10.1. The Bertz CT molecular complexity index is 236. The number of hydrogen-bond acceptors (Lipinski definition) is 3. The van der Waals surface area contributed by atoms with E-state index in [4.69, 9.17) is 0 Å². The summed E-state index contributed by atoms with van der Waals surface area (Å²) >= 11 is 0. The summed E-state index contributed by atoms with van der Waals surface area (Å²) in [5.41, 5.74) is 1.31. The molecule has 4 N–H and O–H groups in total. The minimum Gasteiger partial charge on any atom is -0.367 e. The third-order valence-electron chi connectivity index (χ3n) is 2.17. The molecule has 0 radical (unpaired) electrons. The molecule has 1 aromatic carbocycles. The molecular weight excluding hydrogens is 186 g/mol. The monoisotopic (exact) mass is 209 g/mol. The lowest BCUT2D eigenvalue weighted by molar-refractivity contribution is 0.608. The molecule has 0 amide bonds. The molecule has 0 fully saturated rings. The quantitative estimate of drug-likeness (QED) is 0.592. The van der Waals surface area contributed by atoms with Gasteiger partial charge in [-0.2, -0.15) is 0 Å². The van der Waals surface area contributed by atoms with Crippen molar-refractivity contribution < 1.29 is 0 Å². The lowest BCUT2D eigenvalue weighted by Gasteiger charge is -2.33. The van der Waals surface area contributed by atoms with Gasteiger partial charge in [0.15, 0.2) is 0 Å². The van der Waals surface area contributed by atoms with E-state index in [-0.39, 0.29) is 0 Å². The maximum absolute atomic E-state index is 4.00. The van der Waals surface area contributed by atoms with E-state index in [0.29, 0.717) is 12.1 Å². The van der Waals surface area contributed by atoms with Gasteiger partial charge < -0.3 is 4.90 Å². The molecule has 3 heteroatoms. The van der Waals surface area contributed by atoms with Gasteiger partial charge in [-0.05, 0) is 39.8 Å². The number of rotatable bonds is 3. The predicted molar refractivity (Wildman–Crippen MR) is 67.6 cm³/mol. The first-order valence-electron chi connectivity index (χ1n) is 5.29. The highest BCUT2D eigenvalue weighted by Gasteiger charge is 2.12. The van der Waals surface area contributed by atoms with Gasteiger partial charge in [-0.1, -0.05) is 18.2 Å². The molecule has 1 rings (SSSR count). The summed E-state index contributed by atoms with van der Waals surface area (Å²) in [6, 6.07) is 11.7. The molecule has 0 aliphatic carbocycles. The normalized spacial score (nSPS) is 9.87. The van der Waals surface area contributed by atoms with Gasteiger partial charge in [-0.3, -0.25) is 11.7 Å². The second-order valence-electron chi connectivity index (χ2n) is 3.93. The van der Waals surface area contributed by atoms with Gasteiger partial charge in [0.1, 0.15) is 0 Å². The van der Waals surface area contributed by atoms with Gasteiger partial charge in [0.05, 0.1) is 0 Å². The first-order valence-corrected chi connectivity index (χ1v) is 5.29. The number of benzene rings is 1. The van der Waals surface area contributed by atoms with Gasteiger partial charge in [-0.25, -0.2) is 0 Å². The van der Waals surface area contributed by atoms with Crippen LogP contribution in [-0.4, -0.2) is 12.1 Å². The average Bonchev–Trinajstić information content (AvgIpc) is 2.21. The zero-order chi connectivity index (χ0) is 11.8. The number of nitrogens with zero attached hydrogens (tertiary/aromatic N) is 1. The maximum atomic E-state index is 4.00. The Morgan fingerprint density at radius 1 is 0.867 bits per heavy atom. The van der Waals surface area contributed by atoms with Crippen LogP contribution < -0.4 is 16.6 Å². The van der Waals surface area contributed by atoms with Crippen molar-refractivity contribution in [3.63, 3.8) is 0 Å². The Morgan fingerprint density at radius 3 is 1.60 bits per heavy atom. The standard InChI is InChI=1S/C12H19N.H4N2/c1-10(2)13(11(3)4)12-8-6-5-7-9-12;1-2/h5-11H,1-4H3;1-2H2. The SMILES string of the molecule is CC(C)N(c1ccccc1)C(C)C.NN. The molecule has 0 aromatic heterocycles. The highest BCUT2D eigenvalue weighted by Crippen LogP contribution is 2.18. The number of hydrogen-bond donors (Lipinski definition) is 2. The van der Waals surface area contributed by atoms with Gasteiger partial charge >= 0.3 is 0 Å². The van der Waals surface area contributed by atoms with Gasteiger partial charge in [-0.15, -0.1) is 0 Å². The smallest absolute Gasteiger partial charge is 0.0370 e. The van der Waals surface area contributed by atoms with Crippen LogP contribution in [0.2, 0.25) is 0 Å². The molecule has 3 nitrogen and oxygen atoms in total. The molecule has 1 aromatic rings. The summed E-state index contributed by atoms with van der Waals surface area (Å²) in [6.07, 6.45) is 0. The van der Waals surface area contributed by atoms with E-state index in [0.717, 1.165) is 0 Å². The Labute approximate surface area is 93.0 Å². The van der Waals surface area contributed by atoms with E-state index < -0.39 is 0 Å². The van der Waals surface area contributed by atoms with Gasteiger partial charge in [0.2, 0.25) is 0 Å². The molecule has 0 saturated carbocycles. The van der Waals surface area contributed by atoms with E-state index in [1.807, 2.05) is 0 Å². The van der Waals surface area contributed by atoms with E-state index in [1.165, 1.54) is 5.69 Å². The van der Waals surface area contributed by atoms with Gasteiger partial charge in [0, 0.05) is 17.8 Å². The molecule has 15 heavy (non-hydrogen) atoms.